The van der Waals surface area contributed by atoms with E-state index in [2.05, 4.69) is 26.8 Å². The van der Waals surface area contributed by atoms with Gasteiger partial charge in [0.25, 0.3) is 0 Å². The third-order valence-electron chi connectivity index (χ3n) is 2.87. The van der Waals surface area contributed by atoms with Crippen molar-refractivity contribution in [1.82, 2.24) is 0 Å². The van der Waals surface area contributed by atoms with Gasteiger partial charge in [0.15, 0.2) is 0 Å². The van der Waals surface area contributed by atoms with Gasteiger partial charge in [-0.3, -0.25) is 0 Å². The van der Waals surface area contributed by atoms with E-state index in [1.54, 1.807) is 0 Å². The Labute approximate surface area is 69.1 Å². The van der Waals surface area contributed by atoms with Crippen LogP contribution in [-0.2, 0) is 0 Å². The Bertz CT molecular complexity index is 168. The molecule has 1 nitrogen and oxygen atoms in total. The summed E-state index contributed by atoms with van der Waals surface area (Å²) in [6.07, 6.45) is 5.20. The maximum absolute atomic E-state index is 9.70. The maximum atomic E-state index is 9.70. The molecular formula is C10H18O. The van der Waals surface area contributed by atoms with E-state index in [0.29, 0.717) is 0 Å². The normalized spacial score (nSPS) is 29.8. The van der Waals surface area contributed by atoms with E-state index >= 15 is 0 Å². The molecular weight excluding hydrogens is 136 g/mol. The molecule has 0 aromatic carbocycles. The van der Waals surface area contributed by atoms with Gasteiger partial charge in [-0.05, 0) is 19.3 Å². The van der Waals surface area contributed by atoms with Gasteiger partial charge >= 0.3 is 0 Å². The van der Waals surface area contributed by atoms with E-state index in [1.165, 1.54) is 5.57 Å². The average molecular weight is 154 g/mol. The molecule has 0 aliphatic heterocycles. The predicted molar refractivity (Wildman–Crippen MR) is 47.4 cm³/mol. The molecule has 11 heavy (non-hydrogen) atoms. The number of hydrogen-bond acceptors (Lipinski definition) is 1. The van der Waals surface area contributed by atoms with Crippen molar-refractivity contribution in [3.63, 3.8) is 0 Å². The zero-order valence-corrected chi connectivity index (χ0v) is 7.72. The molecule has 1 N–H and O–H groups in total. The van der Waals surface area contributed by atoms with Crippen molar-refractivity contribution >= 4 is 0 Å². The summed E-state index contributed by atoms with van der Waals surface area (Å²) >= 11 is 0. The summed E-state index contributed by atoms with van der Waals surface area (Å²) in [6, 6.07) is 0. The Morgan fingerprint density at radius 1 is 1.64 bits per heavy atom. The van der Waals surface area contributed by atoms with Gasteiger partial charge in [0.1, 0.15) is 0 Å². The summed E-state index contributed by atoms with van der Waals surface area (Å²) < 4.78 is 0. The summed E-state index contributed by atoms with van der Waals surface area (Å²) in [5.41, 5.74) is 1.43. The van der Waals surface area contributed by atoms with Gasteiger partial charge in [-0.15, -0.1) is 0 Å². The molecule has 0 fully saturated rings. The second-order valence-electron chi connectivity index (χ2n) is 3.90. The molecule has 0 saturated carbocycles. The van der Waals surface area contributed by atoms with E-state index in [4.69, 9.17) is 0 Å². The van der Waals surface area contributed by atoms with Crippen molar-refractivity contribution in [2.24, 2.45) is 5.41 Å². The van der Waals surface area contributed by atoms with E-state index in [0.717, 1.165) is 19.3 Å². The lowest BCUT2D eigenvalue weighted by Gasteiger charge is -2.36. The zero-order chi connectivity index (χ0) is 8.48. The van der Waals surface area contributed by atoms with Gasteiger partial charge in [0.2, 0.25) is 0 Å². The molecule has 0 amide bonds. The molecule has 0 heterocycles. The average Bonchev–Trinajstić information content (AvgIpc) is 1.95. The lowest BCUT2D eigenvalue weighted by Crippen LogP contribution is -2.33. The highest BCUT2D eigenvalue weighted by Crippen LogP contribution is 2.38. The highest BCUT2D eigenvalue weighted by Gasteiger charge is 2.32. The van der Waals surface area contributed by atoms with Crippen LogP contribution in [0.4, 0.5) is 0 Å². The summed E-state index contributed by atoms with van der Waals surface area (Å²) in [5.74, 6) is 0. The summed E-state index contributed by atoms with van der Waals surface area (Å²) in [7, 11) is 0. The Hall–Kier alpha value is -0.300. The highest BCUT2D eigenvalue weighted by molar-refractivity contribution is 5.17. The fourth-order valence-electron chi connectivity index (χ4n) is 1.85. The molecule has 1 atom stereocenters. The lowest BCUT2D eigenvalue weighted by molar-refractivity contribution is 0.0587. The monoisotopic (exact) mass is 154 g/mol. The van der Waals surface area contributed by atoms with Crippen molar-refractivity contribution in [2.75, 3.05) is 0 Å². The van der Waals surface area contributed by atoms with Crippen LogP contribution in [0, 0.1) is 5.41 Å². The van der Waals surface area contributed by atoms with E-state index < -0.39 is 0 Å². The van der Waals surface area contributed by atoms with Crippen LogP contribution in [0.5, 0.6) is 0 Å². The van der Waals surface area contributed by atoms with E-state index in [-0.39, 0.29) is 11.5 Å². The molecule has 0 spiro atoms. The number of aliphatic hydroxyl groups is 1. The lowest BCUT2D eigenvalue weighted by atomic mass is 9.72. The predicted octanol–water partition coefficient (Wildman–Crippen LogP) is 2.50. The Balaban J connectivity index is 2.84. The van der Waals surface area contributed by atoms with Crippen LogP contribution in [0.1, 0.15) is 40.0 Å². The minimum Gasteiger partial charge on any atom is -0.392 e. The summed E-state index contributed by atoms with van der Waals surface area (Å²) in [4.78, 5) is 0. The number of allylic oxidation sites excluding steroid dienone is 1. The van der Waals surface area contributed by atoms with Crippen molar-refractivity contribution in [2.45, 2.75) is 46.1 Å². The first kappa shape index (κ1) is 8.79. The molecule has 0 radical (unpaired) electrons. The van der Waals surface area contributed by atoms with Crippen molar-refractivity contribution < 1.29 is 5.11 Å². The molecule has 1 aliphatic rings. The van der Waals surface area contributed by atoms with Gasteiger partial charge < -0.3 is 5.11 Å². The zero-order valence-electron chi connectivity index (χ0n) is 7.72. The molecule has 1 aliphatic carbocycles. The van der Waals surface area contributed by atoms with Crippen LogP contribution >= 0.6 is 0 Å². The molecule has 1 rings (SSSR count). The summed E-state index contributed by atoms with van der Waals surface area (Å²) in [6.45, 7) is 6.42. The number of hydrogen-bond donors (Lipinski definition) is 1. The highest BCUT2D eigenvalue weighted by atomic mass is 16.3. The second-order valence-corrected chi connectivity index (χ2v) is 3.90. The van der Waals surface area contributed by atoms with Gasteiger partial charge in [0, 0.05) is 5.41 Å². The number of rotatable bonds is 1. The second kappa shape index (κ2) is 2.98. The first-order valence-corrected chi connectivity index (χ1v) is 4.46. The van der Waals surface area contributed by atoms with Gasteiger partial charge in [-0.2, -0.15) is 0 Å². The molecule has 0 bridgehead atoms. The minimum atomic E-state index is -0.137. The first-order chi connectivity index (χ1) is 5.09. The van der Waals surface area contributed by atoms with Crippen LogP contribution in [0.15, 0.2) is 11.6 Å². The van der Waals surface area contributed by atoms with E-state index in [9.17, 15) is 5.11 Å². The molecule has 0 saturated heterocycles. The third kappa shape index (κ3) is 1.48. The molecule has 64 valence electrons. The Kier molecular flexibility index (Phi) is 2.38. The van der Waals surface area contributed by atoms with Crippen molar-refractivity contribution in [3.05, 3.63) is 11.6 Å². The van der Waals surface area contributed by atoms with Crippen LogP contribution in [0.2, 0.25) is 0 Å². The molecule has 0 aromatic heterocycles. The largest absolute Gasteiger partial charge is 0.392 e. The molecule has 0 unspecified atom stereocenters. The molecule has 0 aromatic rings. The van der Waals surface area contributed by atoms with Crippen LogP contribution < -0.4 is 0 Å². The SMILES string of the molecule is CCC1=CCC[C@@H](O)C1(C)C. The maximum Gasteiger partial charge on any atom is 0.0631 e. The fourth-order valence-corrected chi connectivity index (χ4v) is 1.85. The van der Waals surface area contributed by atoms with Crippen LogP contribution in [0.3, 0.4) is 0 Å². The van der Waals surface area contributed by atoms with Crippen molar-refractivity contribution in [3.8, 4) is 0 Å². The van der Waals surface area contributed by atoms with Crippen LogP contribution in [-0.4, -0.2) is 11.2 Å². The first-order valence-electron chi connectivity index (χ1n) is 4.46. The fraction of sp³-hybridized carbons (Fsp3) is 0.800. The van der Waals surface area contributed by atoms with Crippen molar-refractivity contribution in [1.29, 1.82) is 0 Å². The molecule has 1 heteroatoms. The quantitative estimate of drug-likeness (QED) is 0.575. The summed E-state index contributed by atoms with van der Waals surface area (Å²) in [5, 5.41) is 9.70. The Morgan fingerprint density at radius 3 is 2.73 bits per heavy atom. The third-order valence-corrected chi connectivity index (χ3v) is 2.87. The van der Waals surface area contributed by atoms with Gasteiger partial charge in [-0.25, -0.2) is 0 Å². The van der Waals surface area contributed by atoms with E-state index in [1.807, 2.05) is 0 Å². The van der Waals surface area contributed by atoms with Crippen LogP contribution in [0.25, 0.3) is 0 Å². The topological polar surface area (TPSA) is 20.2 Å². The standard InChI is InChI=1S/C10H18O/c1-4-8-6-5-7-9(11)10(8,2)3/h6,9,11H,4-5,7H2,1-3H3/t9-/m1/s1. The smallest absolute Gasteiger partial charge is 0.0631 e. The van der Waals surface area contributed by atoms with Gasteiger partial charge in [0.05, 0.1) is 6.10 Å². The van der Waals surface area contributed by atoms with Gasteiger partial charge in [-0.1, -0.05) is 32.4 Å². The minimum absolute atomic E-state index is 0.0208. The Morgan fingerprint density at radius 2 is 2.27 bits per heavy atom. The number of aliphatic hydroxyl groups excluding tert-OH is 1.